The first-order chi connectivity index (χ1) is 8.29. The number of rotatable bonds is 4. The zero-order valence-electron chi connectivity index (χ0n) is 10.0. The molecule has 1 aromatic rings. The Morgan fingerprint density at radius 3 is 3.18 bits per heavy atom. The van der Waals surface area contributed by atoms with E-state index in [0.29, 0.717) is 11.6 Å². The third-order valence-electron chi connectivity index (χ3n) is 2.95. The summed E-state index contributed by atoms with van der Waals surface area (Å²) in [5.74, 6) is 0.956. The third-order valence-corrected chi connectivity index (χ3v) is 2.95. The monoisotopic (exact) mass is 234 g/mol. The van der Waals surface area contributed by atoms with Crippen molar-refractivity contribution < 1.29 is 9.84 Å². The molecule has 0 spiro atoms. The molecule has 0 bridgehead atoms. The van der Waals surface area contributed by atoms with Crippen LogP contribution < -0.4 is 10.1 Å². The van der Waals surface area contributed by atoms with Gasteiger partial charge in [-0.2, -0.15) is 0 Å². The van der Waals surface area contributed by atoms with Gasteiger partial charge in [-0.25, -0.2) is 0 Å². The molecule has 17 heavy (non-hydrogen) atoms. The minimum absolute atomic E-state index is 0.230. The Balaban J connectivity index is 1.98. The van der Waals surface area contributed by atoms with Gasteiger partial charge in [-0.3, -0.25) is 4.99 Å². The van der Waals surface area contributed by atoms with Gasteiger partial charge >= 0.3 is 0 Å². The summed E-state index contributed by atoms with van der Waals surface area (Å²) in [6.45, 7) is 1.85. The Kier molecular flexibility index (Phi) is 3.98. The van der Waals surface area contributed by atoms with Gasteiger partial charge in [-0.1, -0.05) is 0 Å². The van der Waals surface area contributed by atoms with Crippen molar-refractivity contribution in [3.05, 3.63) is 23.8 Å². The van der Waals surface area contributed by atoms with E-state index in [9.17, 15) is 5.11 Å². The van der Waals surface area contributed by atoms with Crippen molar-refractivity contribution >= 4 is 6.21 Å². The molecule has 92 valence electrons. The molecule has 4 nitrogen and oxygen atoms in total. The Morgan fingerprint density at radius 1 is 1.59 bits per heavy atom. The number of phenols is 1. The molecule has 0 aliphatic carbocycles. The van der Waals surface area contributed by atoms with Gasteiger partial charge in [0, 0.05) is 17.8 Å². The molecule has 1 unspecified atom stereocenters. The van der Waals surface area contributed by atoms with Crippen LogP contribution in [0.2, 0.25) is 0 Å². The summed E-state index contributed by atoms with van der Waals surface area (Å²) in [7, 11) is 1.61. The van der Waals surface area contributed by atoms with Gasteiger partial charge in [0.1, 0.15) is 11.5 Å². The molecule has 1 fully saturated rings. The van der Waals surface area contributed by atoms with Crippen LogP contribution in [0.1, 0.15) is 18.4 Å². The lowest BCUT2D eigenvalue weighted by Crippen LogP contribution is -2.24. The van der Waals surface area contributed by atoms with Crippen molar-refractivity contribution in [1.82, 2.24) is 5.32 Å². The summed E-state index contributed by atoms with van der Waals surface area (Å²) >= 11 is 0. The van der Waals surface area contributed by atoms with E-state index in [1.165, 1.54) is 12.8 Å². The van der Waals surface area contributed by atoms with E-state index in [-0.39, 0.29) is 5.75 Å². The SMILES string of the molecule is COc1ccc(O)c(C=NCC2CCCN2)c1. The van der Waals surface area contributed by atoms with Crippen molar-refractivity contribution in [1.29, 1.82) is 0 Å². The summed E-state index contributed by atoms with van der Waals surface area (Å²) in [6.07, 6.45) is 4.11. The molecular formula is C13H18N2O2. The molecule has 1 aliphatic heterocycles. The van der Waals surface area contributed by atoms with E-state index in [4.69, 9.17) is 4.74 Å². The van der Waals surface area contributed by atoms with Gasteiger partial charge in [0.05, 0.1) is 13.7 Å². The van der Waals surface area contributed by atoms with E-state index in [1.54, 1.807) is 31.5 Å². The molecule has 2 rings (SSSR count). The Hall–Kier alpha value is -1.55. The van der Waals surface area contributed by atoms with Gasteiger partial charge in [0.15, 0.2) is 0 Å². The largest absolute Gasteiger partial charge is 0.507 e. The minimum Gasteiger partial charge on any atom is -0.507 e. The van der Waals surface area contributed by atoms with Crippen molar-refractivity contribution in [2.75, 3.05) is 20.2 Å². The average Bonchev–Trinajstić information content (AvgIpc) is 2.84. The van der Waals surface area contributed by atoms with Crippen molar-refractivity contribution in [3.63, 3.8) is 0 Å². The summed E-state index contributed by atoms with van der Waals surface area (Å²) in [4.78, 5) is 4.36. The van der Waals surface area contributed by atoms with E-state index < -0.39 is 0 Å². The topological polar surface area (TPSA) is 53.9 Å². The predicted octanol–water partition coefficient (Wildman–Crippen LogP) is 1.57. The number of aliphatic imine (C=N–C) groups is 1. The van der Waals surface area contributed by atoms with Gasteiger partial charge in [0.2, 0.25) is 0 Å². The maximum absolute atomic E-state index is 9.66. The highest BCUT2D eigenvalue weighted by molar-refractivity contribution is 5.84. The molecule has 0 saturated carbocycles. The summed E-state index contributed by atoms with van der Waals surface area (Å²) in [5, 5.41) is 13.0. The first kappa shape index (κ1) is 11.9. The molecule has 1 heterocycles. The maximum atomic E-state index is 9.66. The van der Waals surface area contributed by atoms with Crippen molar-refractivity contribution in [2.45, 2.75) is 18.9 Å². The Morgan fingerprint density at radius 2 is 2.47 bits per heavy atom. The van der Waals surface area contributed by atoms with Crippen LogP contribution in [0.15, 0.2) is 23.2 Å². The molecule has 1 atom stereocenters. The highest BCUT2D eigenvalue weighted by Crippen LogP contribution is 2.21. The number of phenolic OH excluding ortho intramolecular Hbond substituents is 1. The second-order valence-corrected chi connectivity index (χ2v) is 4.21. The number of nitrogens with one attached hydrogen (secondary N) is 1. The van der Waals surface area contributed by atoms with Gasteiger partial charge in [-0.05, 0) is 37.6 Å². The van der Waals surface area contributed by atoms with Crippen LogP contribution in [-0.2, 0) is 0 Å². The number of aromatic hydroxyl groups is 1. The molecule has 0 radical (unpaired) electrons. The van der Waals surface area contributed by atoms with Crippen LogP contribution in [0.5, 0.6) is 11.5 Å². The van der Waals surface area contributed by atoms with Crippen LogP contribution in [0.25, 0.3) is 0 Å². The van der Waals surface area contributed by atoms with Crippen LogP contribution in [-0.4, -0.2) is 37.6 Å². The van der Waals surface area contributed by atoms with E-state index in [1.807, 2.05) is 0 Å². The molecule has 1 saturated heterocycles. The zero-order chi connectivity index (χ0) is 12.1. The number of hydrogen-bond donors (Lipinski definition) is 2. The molecule has 0 aromatic heterocycles. The maximum Gasteiger partial charge on any atom is 0.124 e. The first-order valence-corrected chi connectivity index (χ1v) is 5.90. The second kappa shape index (κ2) is 5.68. The van der Waals surface area contributed by atoms with E-state index >= 15 is 0 Å². The molecular weight excluding hydrogens is 216 g/mol. The van der Waals surface area contributed by atoms with E-state index in [2.05, 4.69) is 10.3 Å². The number of nitrogens with zero attached hydrogens (tertiary/aromatic N) is 1. The van der Waals surface area contributed by atoms with E-state index in [0.717, 1.165) is 18.8 Å². The predicted molar refractivity (Wildman–Crippen MR) is 68.1 cm³/mol. The third kappa shape index (κ3) is 3.20. The summed E-state index contributed by atoms with van der Waals surface area (Å²) in [5.41, 5.74) is 0.697. The zero-order valence-corrected chi connectivity index (χ0v) is 10.0. The lowest BCUT2D eigenvalue weighted by molar-refractivity contribution is 0.412. The number of hydrogen-bond acceptors (Lipinski definition) is 4. The molecule has 1 aliphatic rings. The van der Waals surface area contributed by atoms with Gasteiger partial charge < -0.3 is 15.2 Å². The highest BCUT2D eigenvalue weighted by atomic mass is 16.5. The standard InChI is InChI=1S/C13H18N2O2/c1-17-12-4-5-13(16)10(7-12)8-14-9-11-3-2-6-15-11/h4-5,7-8,11,15-16H,2-3,6,9H2,1H3. The summed E-state index contributed by atoms with van der Waals surface area (Å²) < 4.78 is 5.10. The fourth-order valence-electron chi connectivity index (χ4n) is 1.95. The van der Waals surface area contributed by atoms with Crippen LogP contribution in [0.4, 0.5) is 0 Å². The van der Waals surface area contributed by atoms with Crippen LogP contribution >= 0.6 is 0 Å². The fourth-order valence-corrected chi connectivity index (χ4v) is 1.95. The van der Waals surface area contributed by atoms with Crippen LogP contribution in [0, 0.1) is 0 Å². The van der Waals surface area contributed by atoms with Gasteiger partial charge in [0.25, 0.3) is 0 Å². The number of methoxy groups -OCH3 is 1. The lowest BCUT2D eigenvalue weighted by Gasteiger charge is -2.06. The van der Waals surface area contributed by atoms with Crippen molar-refractivity contribution in [3.8, 4) is 11.5 Å². The molecule has 2 N–H and O–H groups in total. The van der Waals surface area contributed by atoms with Gasteiger partial charge in [-0.15, -0.1) is 0 Å². The number of ether oxygens (including phenoxy) is 1. The minimum atomic E-state index is 0.230. The number of benzene rings is 1. The average molecular weight is 234 g/mol. The molecule has 4 heteroatoms. The molecule has 1 aromatic carbocycles. The second-order valence-electron chi connectivity index (χ2n) is 4.21. The Bertz CT molecular complexity index is 398. The highest BCUT2D eigenvalue weighted by Gasteiger charge is 2.12. The van der Waals surface area contributed by atoms with Crippen LogP contribution in [0.3, 0.4) is 0 Å². The fraction of sp³-hybridized carbons (Fsp3) is 0.462. The molecule has 0 amide bonds. The summed E-state index contributed by atoms with van der Waals surface area (Å²) in [6, 6.07) is 5.61. The Labute approximate surface area is 101 Å². The normalized spacial score (nSPS) is 19.9. The lowest BCUT2D eigenvalue weighted by atomic mass is 10.2. The quantitative estimate of drug-likeness (QED) is 0.778. The van der Waals surface area contributed by atoms with Crippen molar-refractivity contribution in [2.24, 2.45) is 4.99 Å². The smallest absolute Gasteiger partial charge is 0.124 e. The first-order valence-electron chi connectivity index (χ1n) is 5.90.